The van der Waals surface area contributed by atoms with Crippen molar-refractivity contribution < 1.29 is 4.39 Å². The van der Waals surface area contributed by atoms with Gasteiger partial charge in [0.2, 0.25) is 0 Å². The third-order valence-electron chi connectivity index (χ3n) is 3.60. The molecule has 1 aromatic heterocycles. The van der Waals surface area contributed by atoms with Gasteiger partial charge in [0, 0.05) is 11.8 Å². The van der Waals surface area contributed by atoms with Gasteiger partial charge in [0.15, 0.2) is 0 Å². The highest BCUT2D eigenvalue weighted by Crippen LogP contribution is 2.27. The van der Waals surface area contributed by atoms with Crippen molar-refractivity contribution in [3.63, 3.8) is 0 Å². The normalized spacial score (nSPS) is 12.4. The van der Waals surface area contributed by atoms with Gasteiger partial charge in [-0.1, -0.05) is 13.0 Å². The van der Waals surface area contributed by atoms with Gasteiger partial charge in [-0.05, 0) is 68.6 Å². The second kappa shape index (κ2) is 6.81. The second-order valence-corrected chi connectivity index (χ2v) is 5.62. The summed E-state index contributed by atoms with van der Waals surface area (Å²) in [6.45, 7) is 8.83. The van der Waals surface area contributed by atoms with Gasteiger partial charge in [-0.2, -0.15) is 0 Å². The number of hydrogen-bond acceptors (Lipinski definition) is 2. The molecule has 2 rings (SSSR count). The van der Waals surface area contributed by atoms with Crippen LogP contribution in [-0.2, 0) is 0 Å². The molecule has 1 N–H and O–H groups in total. The molecule has 1 atom stereocenters. The fraction of sp³-hybridized carbons (Fsp3) is 0.389. The summed E-state index contributed by atoms with van der Waals surface area (Å²) in [5.74, 6) is -0.163. The Morgan fingerprint density at radius 3 is 2.52 bits per heavy atom. The Balaban J connectivity index is 2.50. The first-order valence-electron chi connectivity index (χ1n) is 7.45. The summed E-state index contributed by atoms with van der Waals surface area (Å²) in [6.07, 6.45) is 2.78. The van der Waals surface area contributed by atoms with E-state index in [1.807, 2.05) is 39.0 Å². The second-order valence-electron chi connectivity index (χ2n) is 5.62. The van der Waals surface area contributed by atoms with Gasteiger partial charge >= 0.3 is 0 Å². The highest BCUT2D eigenvalue weighted by molar-refractivity contribution is 5.38. The monoisotopic (exact) mass is 286 g/mol. The van der Waals surface area contributed by atoms with Crippen LogP contribution in [0.25, 0.3) is 0 Å². The molecule has 0 aliphatic rings. The smallest absolute Gasteiger partial charge is 0.128 e. The van der Waals surface area contributed by atoms with E-state index in [4.69, 9.17) is 0 Å². The van der Waals surface area contributed by atoms with Crippen LogP contribution in [0.15, 0.2) is 30.5 Å². The van der Waals surface area contributed by atoms with Crippen LogP contribution in [0.1, 0.15) is 47.3 Å². The molecule has 1 heterocycles. The molecule has 0 fully saturated rings. The van der Waals surface area contributed by atoms with Gasteiger partial charge in [-0.25, -0.2) is 4.39 Å². The van der Waals surface area contributed by atoms with Gasteiger partial charge in [-0.3, -0.25) is 4.98 Å². The number of halogens is 1. The van der Waals surface area contributed by atoms with Crippen molar-refractivity contribution >= 4 is 0 Å². The lowest BCUT2D eigenvalue weighted by Crippen LogP contribution is -2.26. The number of rotatable bonds is 5. The summed E-state index contributed by atoms with van der Waals surface area (Å²) in [5, 5.41) is 3.43. The van der Waals surface area contributed by atoms with Crippen LogP contribution in [0.5, 0.6) is 0 Å². The molecule has 0 bridgehead atoms. The van der Waals surface area contributed by atoms with Crippen molar-refractivity contribution in [3.8, 4) is 0 Å². The van der Waals surface area contributed by atoms with Crippen LogP contribution in [0, 0.1) is 26.6 Å². The quantitative estimate of drug-likeness (QED) is 0.889. The minimum absolute atomic E-state index is 0.163. The van der Waals surface area contributed by atoms with E-state index in [1.165, 1.54) is 0 Å². The van der Waals surface area contributed by atoms with Gasteiger partial charge < -0.3 is 5.32 Å². The van der Waals surface area contributed by atoms with Crippen molar-refractivity contribution in [2.24, 2.45) is 0 Å². The van der Waals surface area contributed by atoms with E-state index in [9.17, 15) is 4.39 Å². The topological polar surface area (TPSA) is 24.9 Å². The van der Waals surface area contributed by atoms with E-state index in [0.717, 1.165) is 35.3 Å². The number of aromatic nitrogens is 1. The average molecular weight is 286 g/mol. The zero-order valence-corrected chi connectivity index (χ0v) is 13.2. The molecule has 112 valence electrons. The molecule has 0 aliphatic carbocycles. The van der Waals surface area contributed by atoms with Crippen molar-refractivity contribution in [1.82, 2.24) is 10.3 Å². The molecule has 0 radical (unpaired) electrons. The van der Waals surface area contributed by atoms with Crippen LogP contribution < -0.4 is 5.32 Å². The first kappa shape index (κ1) is 15.6. The molecule has 0 saturated carbocycles. The predicted octanol–water partition coefficient (Wildman–Crippen LogP) is 4.23. The molecule has 1 aromatic carbocycles. The number of nitrogens with zero attached hydrogens (tertiary/aromatic N) is 1. The maximum absolute atomic E-state index is 14.5. The third-order valence-corrected chi connectivity index (χ3v) is 3.60. The van der Waals surface area contributed by atoms with E-state index in [2.05, 4.69) is 17.2 Å². The fourth-order valence-corrected chi connectivity index (χ4v) is 2.65. The van der Waals surface area contributed by atoms with Crippen LogP contribution in [0.4, 0.5) is 4.39 Å². The van der Waals surface area contributed by atoms with Gasteiger partial charge in [-0.15, -0.1) is 0 Å². The van der Waals surface area contributed by atoms with E-state index in [1.54, 1.807) is 12.3 Å². The summed E-state index contributed by atoms with van der Waals surface area (Å²) >= 11 is 0. The summed E-state index contributed by atoms with van der Waals surface area (Å²) in [5.41, 5.74) is 4.61. The Labute approximate surface area is 126 Å². The van der Waals surface area contributed by atoms with E-state index < -0.39 is 0 Å². The highest BCUT2D eigenvalue weighted by Gasteiger charge is 2.21. The van der Waals surface area contributed by atoms with E-state index in [-0.39, 0.29) is 11.9 Å². The van der Waals surface area contributed by atoms with Gasteiger partial charge in [0.05, 0.1) is 11.7 Å². The number of hydrogen-bond donors (Lipinski definition) is 1. The maximum atomic E-state index is 14.5. The number of benzene rings is 1. The highest BCUT2D eigenvalue weighted by atomic mass is 19.1. The zero-order valence-electron chi connectivity index (χ0n) is 13.2. The van der Waals surface area contributed by atoms with Crippen molar-refractivity contribution in [2.75, 3.05) is 6.54 Å². The van der Waals surface area contributed by atoms with Crippen LogP contribution in [0.3, 0.4) is 0 Å². The Kier molecular flexibility index (Phi) is 5.07. The van der Waals surface area contributed by atoms with Crippen LogP contribution in [0.2, 0.25) is 0 Å². The van der Waals surface area contributed by atoms with Crippen LogP contribution in [-0.4, -0.2) is 11.5 Å². The summed E-state index contributed by atoms with van der Waals surface area (Å²) in [7, 11) is 0. The zero-order chi connectivity index (χ0) is 15.4. The van der Waals surface area contributed by atoms with Crippen molar-refractivity contribution in [3.05, 3.63) is 64.2 Å². The first-order chi connectivity index (χ1) is 10.0. The lowest BCUT2D eigenvalue weighted by Gasteiger charge is -2.22. The molecule has 3 heteroatoms. The minimum Gasteiger partial charge on any atom is -0.305 e. The van der Waals surface area contributed by atoms with Gasteiger partial charge in [0.25, 0.3) is 0 Å². The fourth-order valence-electron chi connectivity index (χ4n) is 2.65. The van der Waals surface area contributed by atoms with Crippen LogP contribution >= 0.6 is 0 Å². The molecule has 0 aliphatic heterocycles. The maximum Gasteiger partial charge on any atom is 0.128 e. The average Bonchev–Trinajstić information content (AvgIpc) is 2.41. The van der Waals surface area contributed by atoms with Crippen molar-refractivity contribution in [1.29, 1.82) is 0 Å². The predicted molar refractivity (Wildman–Crippen MR) is 85.0 cm³/mol. The summed E-state index contributed by atoms with van der Waals surface area (Å²) < 4.78 is 14.5. The molecule has 2 nitrogen and oxygen atoms in total. The minimum atomic E-state index is -0.203. The lowest BCUT2D eigenvalue weighted by molar-refractivity contribution is 0.535. The summed E-state index contributed by atoms with van der Waals surface area (Å²) in [6, 6.07) is 7.39. The molecule has 0 amide bonds. The molecule has 1 unspecified atom stereocenters. The number of nitrogens with one attached hydrogen (secondary N) is 1. The third kappa shape index (κ3) is 3.67. The lowest BCUT2D eigenvalue weighted by atomic mass is 9.95. The molecule has 21 heavy (non-hydrogen) atoms. The molecule has 0 saturated heterocycles. The Hall–Kier alpha value is -1.74. The molecule has 0 spiro atoms. The Morgan fingerprint density at radius 2 is 1.90 bits per heavy atom. The van der Waals surface area contributed by atoms with E-state index in [0.29, 0.717) is 5.56 Å². The molecular weight excluding hydrogens is 263 g/mol. The standard InChI is InChI=1S/C18H23FN2/c1-5-7-21-18(16-11-12(2)6-8-20-16)17-14(4)9-13(3)10-15(17)19/h6,8-11,18,21H,5,7H2,1-4H3. The Morgan fingerprint density at radius 1 is 1.14 bits per heavy atom. The van der Waals surface area contributed by atoms with Crippen molar-refractivity contribution in [2.45, 2.75) is 40.2 Å². The summed E-state index contributed by atoms with van der Waals surface area (Å²) in [4.78, 5) is 4.44. The molecular formula is C18H23FN2. The Bertz CT molecular complexity index is 599. The number of pyridine rings is 1. The van der Waals surface area contributed by atoms with Gasteiger partial charge in [0.1, 0.15) is 5.82 Å². The SMILES string of the molecule is CCCNC(c1cc(C)ccn1)c1c(C)cc(C)cc1F. The number of aryl methyl sites for hydroxylation is 3. The van der Waals surface area contributed by atoms with E-state index >= 15 is 0 Å². The first-order valence-corrected chi connectivity index (χ1v) is 7.45. The largest absolute Gasteiger partial charge is 0.305 e. The molecule has 2 aromatic rings.